The van der Waals surface area contributed by atoms with Crippen LogP contribution in [0.15, 0.2) is 59.0 Å². The van der Waals surface area contributed by atoms with Crippen LogP contribution in [0.4, 0.5) is 4.39 Å². The molecule has 3 rings (SSSR count). The Morgan fingerprint density at radius 3 is 2.04 bits per heavy atom. The third kappa shape index (κ3) is 3.39. The molecule has 1 saturated heterocycles. The standard InChI is InChI=1S/C20H19FO2S/c1-20(2)12-17(19(22)23-20)18(13-4-8-15(21)9-5-13)14-6-10-16(24-3)11-7-14/h4-11H,12H2,1-3H3. The number of cyclic esters (lactones) is 1. The van der Waals surface area contributed by atoms with Gasteiger partial charge in [0.25, 0.3) is 0 Å². The van der Waals surface area contributed by atoms with Crippen LogP contribution in [0.3, 0.4) is 0 Å². The fourth-order valence-corrected chi connectivity index (χ4v) is 3.33. The molecule has 4 heteroatoms. The van der Waals surface area contributed by atoms with Gasteiger partial charge in [0.15, 0.2) is 0 Å². The molecule has 0 saturated carbocycles. The van der Waals surface area contributed by atoms with E-state index in [0.717, 1.165) is 21.6 Å². The van der Waals surface area contributed by atoms with Gasteiger partial charge in [0.05, 0.1) is 0 Å². The second-order valence-electron chi connectivity index (χ2n) is 6.41. The first-order chi connectivity index (χ1) is 11.4. The van der Waals surface area contributed by atoms with Crippen molar-refractivity contribution in [2.75, 3.05) is 6.26 Å². The summed E-state index contributed by atoms with van der Waals surface area (Å²) in [4.78, 5) is 13.6. The molecule has 124 valence electrons. The summed E-state index contributed by atoms with van der Waals surface area (Å²) in [5, 5.41) is 0. The Labute approximate surface area is 145 Å². The van der Waals surface area contributed by atoms with Gasteiger partial charge >= 0.3 is 5.97 Å². The second kappa shape index (κ2) is 6.44. The van der Waals surface area contributed by atoms with E-state index in [1.165, 1.54) is 12.1 Å². The van der Waals surface area contributed by atoms with Crippen LogP contribution < -0.4 is 0 Å². The molecule has 2 aromatic carbocycles. The molecule has 2 nitrogen and oxygen atoms in total. The summed E-state index contributed by atoms with van der Waals surface area (Å²) < 4.78 is 18.8. The number of rotatable bonds is 3. The number of hydrogen-bond donors (Lipinski definition) is 0. The van der Waals surface area contributed by atoms with Gasteiger partial charge in [-0.2, -0.15) is 0 Å². The highest BCUT2D eigenvalue weighted by atomic mass is 32.2. The van der Waals surface area contributed by atoms with E-state index in [0.29, 0.717) is 12.0 Å². The third-order valence-corrected chi connectivity index (χ3v) is 4.77. The molecule has 0 bridgehead atoms. The van der Waals surface area contributed by atoms with Crippen molar-refractivity contribution in [1.82, 2.24) is 0 Å². The van der Waals surface area contributed by atoms with Gasteiger partial charge in [0, 0.05) is 16.9 Å². The molecule has 0 aromatic heterocycles. The van der Waals surface area contributed by atoms with Crippen LogP contribution in [0.25, 0.3) is 5.57 Å². The minimum atomic E-state index is -0.517. The number of esters is 1. The van der Waals surface area contributed by atoms with Crippen molar-refractivity contribution in [2.24, 2.45) is 0 Å². The first-order valence-corrected chi connectivity index (χ1v) is 8.99. The molecule has 0 amide bonds. The van der Waals surface area contributed by atoms with Crippen LogP contribution >= 0.6 is 11.8 Å². The Balaban J connectivity index is 2.17. The molecular formula is C20H19FO2S. The molecule has 0 unspecified atom stereocenters. The van der Waals surface area contributed by atoms with Crippen LogP contribution in [-0.2, 0) is 9.53 Å². The lowest BCUT2D eigenvalue weighted by molar-refractivity contribution is -0.143. The number of hydrogen-bond acceptors (Lipinski definition) is 3. The van der Waals surface area contributed by atoms with Gasteiger partial charge in [0.1, 0.15) is 11.4 Å². The van der Waals surface area contributed by atoms with Crippen molar-refractivity contribution in [1.29, 1.82) is 0 Å². The minimum absolute atomic E-state index is 0.296. The highest BCUT2D eigenvalue weighted by Crippen LogP contribution is 2.38. The molecule has 24 heavy (non-hydrogen) atoms. The molecule has 1 heterocycles. The number of halogens is 1. The minimum Gasteiger partial charge on any atom is -0.456 e. The van der Waals surface area contributed by atoms with Crippen molar-refractivity contribution >= 4 is 23.3 Å². The van der Waals surface area contributed by atoms with Crippen LogP contribution in [0, 0.1) is 5.82 Å². The Morgan fingerprint density at radius 1 is 1.04 bits per heavy atom. The van der Waals surface area contributed by atoms with Gasteiger partial charge in [0.2, 0.25) is 0 Å². The van der Waals surface area contributed by atoms with E-state index in [4.69, 9.17) is 4.74 Å². The fourth-order valence-electron chi connectivity index (χ4n) is 2.93. The maximum atomic E-state index is 13.3. The zero-order valence-electron chi connectivity index (χ0n) is 13.9. The fraction of sp³-hybridized carbons (Fsp3) is 0.250. The number of thioether (sulfide) groups is 1. The van der Waals surface area contributed by atoms with Crippen molar-refractivity contribution < 1.29 is 13.9 Å². The quantitative estimate of drug-likeness (QED) is 0.442. The summed E-state index contributed by atoms with van der Waals surface area (Å²) in [7, 11) is 0. The summed E-state index contributed by atoms with van der Waals surface area (Å²) in [6, 6.07) is 14.3. The topological polar surface area (TPSA) is 26.3 Å². The third-order valence-electron chi connectivity index (χ3n) is 4.03. The zero-order valence-corrected chi connectivity index (χ0v) is 14.7. The summed E-state index contributed by atoms with van der Waals surface area (Å²) in [5.41, 5.74) is 2.69. The highest BCUT2D eigenvalue weighted by molar-refractivity contribution is 7.98. The monoisotopic (exact) mass is 342 g/mol. The number of benzene rings is 2. The van der Waals surface area contributed by atoms with Gasteiger partial charge < -0.3 is 4.74 Å². The molecule has 0 radical (unpaired) electrons. The predicted molar refractivity (Wildman–Crippen MR) is 95.4 cm³/mol. The van der Waals surface area contributed by atoms with Crippen LogP contribution in [0.1, 0.15) is 31.4 Å². The molecule has 2 aromatic rings. The second-order valence-corrected chi connectivity index (χ2v) is 7.29. The first-order valence-electron chi connectivity index (χ1n) is 7.76. The van der Waals surface area contributed by atoms with E-state index < -0.39 is 5.60 Å². The van der Waals surface area contributed by atoms with Crippen LogP contribution in [-0.4, -0.2) is 17.8 Å². The van der Waals surface area contributed by atoms with E-state index in [2.05, 4.69) is 0 Å². The SMILES string of the molecule is CSc1ccc(C(=C2CC(C)(C)OC2=O)c2ccc(F)cc2)cc1. The lowest BCUT2D eigenvalue weighted by Crippen LogP contribution is -2.17. The lowest BCUT2D eigenvalue weighted by atomic mass is 9.89. The molecule has 0 aliphatic carbocycles. The molecule has 0 N–H and O–H groups in total. The normalized spacial score (nSPS) is 18.4. The van der Waals surface area contributed by atoms with E-state index in [1.54, 1.807) is 23.9 Å². The number of carbonyl (C=O) groups is 1. The first kappa shape index (κ1) is 16.8. The Kier molecular flexibility index (Phi) is 4.50. The number of carbonyl (C=O) groups excluding carboxylic acids is 1. The van der Waals surface area contributed by atoms with Gasteiger partial charge in [-0.25, -0.2) is 9.18 Å². The smallest absolute Gasteiger partial charge is 0.335 e. The average Bonchev–Trinajstić information content (AvgIpc) is 2.83. The zero-order chi connectivity index (χ0) is 17.3. The lowest BCUT2D eigenvalue weighted by Gasteiger charge is -2.14. The van der Waals surface area contributed by atoms with Gasteiger partial charge in [-0.15, -0.1) is 11.8 Å². The molecule has 0 spiro atoms. The summed E-state index contributed by atoms with van der Waals surface area (Å²) in [5.74, 6) is -0.594. The van der Waals surface area contributed by atoms with Crippen LogP contribution in [0.2, 0.25) is 0 Å². The van der Waals surface area contributed by atoms with Gasteiger partial charge in [-0.3, -0.25) is 0 Å². The van der Waals surface area contributed by atoms with Crippen molar-refractivity contribution in [3.63, 3.8) is 0 Å². The average molecular weight is 342 g/mol. The maximum absolute atomic E-state index is 13.3. The summed E-state index contributed by atoms with van der Waals surface area (Å²) >= 11 is 1.66. The Morgan fingerprint density at radius 2 is 1.58 bits per heavy atom. The summed E-state index contributed by atoms with van der Waals surface area (Å²) in [6.45, 7) is 3.80. The van der Waals surface area contributed by atoms with Crippen molar-refractivity contribution in [3.8, 4) is 0 Å². The molecule has 1 aliphatic rings. The van der Waals surface area contributed by atoms with E-state index in [9.17, 15) is 9.18 Å². The van der Waals surface area contributed by atoms with Crippen LogP contribution in [0.5, 0.6) is 0 Å². The Hall–Kier alpha value is -2.07. The maximum Gasteiger partial charge on any atom is 0.335 e. The molecule has 1 aliphatic heterocycles. The Bertz CT molecular complexity index is 789. The van der Waals surface area contributed by atoms with E-state index in [-0.39, 0.29) is 11.8 Å². The van der Waals surface area contributed by atoms with Gasteiger partial charge in [-0.1, -0.05) is 24.3 Å². The highest BCUT2D eigenvalue weighted by Gasteiger charge is 2.37. The predicted octanol–water partition coefficient (Wildman–Crippen LogP) is 5.08. The summed E-state index contributed by atoms with van der Waals surface area (Å²) in [6.07, 6.45) is 2.55. The van der Waals surface area contributed by atoms with E-state index >= 15 is 0 Å². The van der Waals surface area contributed by atoms with E-state index in [1.807, 2.05) is 44.4 Å². The van der Waals surface area contributed by atoms with Crippen molar-refractivity contribution in [3.05, 3.63) is 71.0 Å². The molecule has 0 atom stereocenters. The van der Waals surface area contributed by atoms with Gasteiger partial charge in [-0.05, 0) is 61.1 Å². The number of ether oxygens (including phenoxy) is 1. The molecule has 1 fully saturated rings. The van der Waals surface area contributed by atoms with Crippen molar-refractivity contribution in [2.45, 2.75) is 30.8 Å². The largest absolute Gasteiger partial charge is 0.456 e. The molecular weight excluding hydrogens is 323 g/mol.